The number of halogens is 1. The summed E-state index contributed by atoms with van der Waals surface area (Å²) in [5.41, 5.74) is 0. The lowest BCUT2D eigenvalue weighted by molar-refractivity contribution is 0.561. The van der Waals surface area contributed by atoms with Crippen molar-refractivity contribution in [1.82, 2.24) is 0 Å². The van der Waals surface area contributed by atoms with Gasteiger partial charge in [-0.3, -0.25) is 0 Å². The molecule has 1 rings (SSSR count). The summed E-state index contributed by atoms with van der Waals surface area (Å²) >= 11 is 0. The summed E-state index contributed by atoms with van der Waals surface area (Å²) in [6.07, 6.45) is 6.08. The number of unbranched alkanes of at least 4 members (excludes halogenated alkanes) is 5. The van der Waals surface area contributed by atoms with E-state index in [0.717, 1.165) is 19.3 Å². The van der Waals surface area contributed by atoms with Gasteiger partial charge in [0.15, 0.2) is 9.84 Å². The van der Waals surface area contributed by atoms with Crippen molar-refractivity contribution in [2.45, 2.75) is 50.3 Å². The van der Waals surface area contributed by atoms with E-state index in [9.17, 15) is 12.8 Å². The molecule has 0 fully saturated rings. The monoisotopic (exact) mass is 272 g/mol. The van der Waals surface area contributed by atoms with Gasteiger partial charge in [-0.1, -0.05) is 51.2 Å². The Morgan fingerprint density at radius 1 is 1.00 bits per heavy atom. The second-order valence-corrected chi connectivity index (χ2v) is 6.59. The van der Waals surface area contributed by atoms with Gasteiger partial charge < -0.3 is 0 Å². The Morgan fingerprint density at radius 3 is 2.28 bits per heavy atom. The fourth-order valence-corrected chi connectivity index (χ4v) is 3.33. The van der Waals surface area contributed by atoms with Crippen LogP contribution in [0.4, 0.5) is 4.39 Å². The third kappa shape index (κ3) is 4.77. The van der Waals surface area contributed by atoms with Crippen LogP contribution in [-0.2, 0) is 9.84 Å². The molecule has 0 amide bonds. The lowest BCUT2D eigenvalue weighted by Crippen LogP contribution is -2.08. The molecule has 1 aromatic rings. The van der Waals surface area contributed by atoms with E-state index in [-0.39, 0.29) is 10.6 Å². The lowest BCUT2D eigenvalue weighted by atomic mass is 10.1. The summed E-state index contributed by atoms with van der Waals surface area (Å²) in [6.45, 7) is 2.14. The highest BCUT2D eigenvalue weighted by Gasteiger charge is 2.17. The van der Waals surface area contributed by atoms with Crippen molar-refractivity contribution in [3.05, 3.63) is 30.1 Å². The van der Waals surface area contributed by atoms with Crippen molar-refractivity contribution < 1.29 is 12.8 Å². The van der Waals surface area contributed by atoms with E-state index >= 15 is 0 Å². The first-order valence-electron chi connectivity index (χ1n) is 6.55. The molecule has 0 saturated heterocycles. The molecule has 0 N–H and O–H groups in total. The third-order valence-corrected chi connectivity index (χ3v) is 4.77. The van der Waals surface area contributed by atoms with E-state index in [2.05, 4.69) is 6.92 Å². The number of sulfone groups is 1. The normalized spacial score (nSPS) is 11.7. The maximum atomic E-state index is 13.4. The Hall–Kier alpha value is -0.900. The number of rotatable bonds is 8. The standard InChI is InChI=1S/C14H21FO2S/c1-2-3-4-5-6-9-12-18(16,17)14-11-8-7-10-13(14)15/h7-8,10-11H,2-6,9,12H2,1H3. The minimum atomic E-state index is -3.46. The van der Waals surface area contributed by atoms with Crippen LogP contribution in [0.1, 0.15) is 45.4 Å². The van der Waals surface area contributed by atoms with Crippen LogP contribution in [0.15, 0.2) is 29.2 Å². The van der Waals surface area contributed by atoms with E-state index < -0.39 is 15.7 Å². The van der Waals surface area contributed by atoms with Crippen LogP contribution in [0.5, 0.6) is 0 Å². The molecule has 0 spiro atoms. The van der Waals surface area contributed by atoms with E-state index in [0.29, 0.717) is 6.42 Å². The summed E-state index contributed by atoms with van der Waals surface area (Å²) in [6, 6.07) is 5.58. The first-order chi connectivity index (χ1) is 8.58. The molecule has 0 heterocycles. The lowest BCUT2D eigenvalue weighted by Gasteiger charge is -2.05. The molecule has 0 unspecified atom stereocenters. The highest BCUT2D eigenvalue weighted by Crippen LogP contribution is 2.17. The topological polar surface area (TPSA) is 34.1 Å². The molecule has 2 nitrogen and oxygen atoms in total. The predicted octanol–water partition coefficient (Wildman–Crippen LogP) is 3.96. The minimum absolute atomic E-state index is 0.0417. The molecule has 18 heavy (non-hydrogen) atoms. The van der Waals surface area contributed by atoms with Crippen LogP contribution in [0, 0.1) is 5.82 Å². The molecule has 0 radical (unpaired) electrons. The van der Waals surface area contributed by atoms with Gasteiger partial charge >= 0.3 is 0 Å². The van der Waals surface area contributed by atoms with Gasteiger partial charge in [-0.15, -0.1) is 0 Å². The maximum absolute atomic E-state index is 13.4. The highest BCUT2D eigenvalue weighted by molar-refractivity contribution is 7.91. The summed E-state index contributed by atoms with van der Waals surface area (Å²) in [5.74, 6) is -0.608. The number of hydrogen-bond donors (Lipinski definition) is 0. The molecule has 1 aromatic carbocycles. The minimum Gasteiger partial charge on any atom is -0.224 e. The quantitative estimate of drug-likeness (QED) is 0.671. The van der Waals surface area contributed by atoms with Gasteiger partial charge in [-0.25, -0.2) is 12.8 Å². The smallest absolute Gasteiger partial charge is 0.181 e. The fourth-order valence-electron chi connectivity index (χ4n) is 1.88. The zero-order chi connectivity index (χ0) is 13.4. The van der Waals surface area contributed by atoms with Crippen LogP contribution in [0.3, 0.4) is 0 Å². The van der Waals surface area contributed by atoms with E-state index in [4.69, 9.17) is 0 Å². The van der Waals surface area contributed by atoms with Crippen molar-refractivity contribution in [3.8, 4) is 0 Å². The van der Waals surface area contributed by atoms with Crippen molar-refractivity contribution in [2.24, 2.45) is 0 Å². The second-order valence-electron chi connectivity index (χ2n) is 4.52. The van der Waals surface area contributed by atoms with E-state index in [1.807, 2.05) is 0 Å². The van der Waals surface area contributed by atoms with Crippen LogP contribution in [0.25, 0.3) is 0 Å². The average Bonchev–Trinajstić information content (AvgIpc) is 2.34. The zero-order valence-corrected chi connectivity index (χ0v) is 11.7. The summed E-state index contributed by atoms with van der Waals surface area (Å²) in [7, 11) is -3.46. The van der Waals surface area contributed by atoms with Gasteiger partial charge in [0.05, 0.1) is 5.75 Å². The van der Waals surface area contributed by atoms with Crippen molar-refractivity contribution in [2.75, 3.05) is 5.75 Å². The van der Waals surface area contributed by atoms with Crippen LogP contribution in [-0.4, -0.2) is 14.2 Å². The summed E-state index contributed by atoms with van der Waals surface area (Å²) in [4.78, 5) is -0.168. The molecule has 0 aliphatic carbocycles. The van der Waals surface area contributed by atoms with Crippen LogP contribution >= 0.6 is 0 Å². The molecule has 0 saturated carbocycles. The van der Waals surface area contributed by atoms with Gasteiger partial charge in [0.1, 0.15) is 10.7 Å². The zero-order valence-electron chi connectivity index (χ0n) is 10.9. The first kappa shape index (κ1) is 15.2. The molecule has 0 aromatic heterocycles. The average molecular weight is 272 g/mol. The molecule has 102 valence electrons. The molecular weight excluding hydrogens is 251 g/mol. The van der Waals surface area contributed by atoms with Crippen molar-refractivity contribution >= 4 is 9.84 Å². The Bertz CT molecular complexity index is 455. The summed E-state index contributed by atoms with van der Waals surface area (Å²) < 4.78 is 37.2. The Kier molecular flexibility index (Phi) is 6.33. The first-order valence-corrected chi connectivity index (χ1v) is 8.20. The summed E-state index contributed by atoms with van der Waals surface area (Å²) in [5, 5.41) is 0. The Morgan fingerprint density at radius 2 is 1.61 bits per heavy atom. The van der Waals surface area contributed by atoms with E-state index in [1.54, 1.807) is 6.07 Å². The van der Waals surface area contributed by atoms with Crippen molar-refractivity contribution in [1.29, 1.82) is 0 Å². The van der Waals surface area contributed by atoms with Gasteiger partial charge in [0, 0.05) is 0 Å². The molecule has 0 bridgehead atoms. The molecule has 0 aliphatic heterocycles. The van der Waals surface area contributed by atoms with Crippen LogP contribution < -0.4 is 0 Å². The van der Waals surface area contributed by atoms with E-state index in [1.165, 1.54) is 31.0 Å². The van der Waals surface area contributed by atoms with Crippen LogP contribution in [0.2, 0.25) is 0 Å². The second kappa shape index (κ2) is 7.52. The SMILES string of the molecule is CCCCCCCCS(=O)(=O)c1ccccc1F. The predicted molar refractivity (Wildman–Crippen MR) is 71.8 cm³/mol. The van der Waals surface area contributed by atoms with Gasteiger partial charge in [0.25, 0.3) is 0 Å². The van der Waals surface area contributed by atoms with Gasteiger partial charge in [0.2, 0.25) is 0 Å². The Labute approximate surface area is 109 Å². The fraction of sp³-hybridized carbons (Fsp3) is 0.571. The Balaban J connectivity index is 2.44. The molecule has 0 aliphatic rings. The number of benzene rings is 1. The third-order valence-electron chi connectivity index (χ3n) is 2.94. The molecule has 0 atom stereocenters. The molecular formula is C14H21FO2S. The van der Waals surface area contributed by atoms with Crippen molar-refractivity contribution in [3.63, 3.8) is 0 Å². The number of hydrogen-bond acceptors (Lipinski definition) is 2. The van der Waals surface area contributed by atoms with Gasteiger partial charge in [-0.2, -0.15) is 0 Å². The van der Waals surface area contributed by atoms with Gasteiger partial charge in [-0.05, 0) is 18.6 Å². The molecule has 4 heteroatoms. The maximum Gasteiger partial charge on any atom is 0.181 e. The highest BCUT2D eigenvalue weighted by atomic mass is 32.2. The largest absolute Gasteiger partial charge is 0.224 e.